The Bertz CT molecular complexity index is 1190. The molecule has 0 rings (SSSR count). The normalized spacial score (nSPS) is 3.85. The van der Waals surface area contributed by atoms with E-state index in [-0.39, 0.29) is 0 Å². The zero-order chi connectivity index (χ0) is 19.0. The molecular weight excluding hydrogens is 310 g/mol. The van der Waals surface area contributed by atoms with Crippen molar-refractivity contribution in [2.45, 2.75) is 0 Å². The average molecular weight is 310 g/mol. The van der Waals surface area contributed by atoms with Gasteiger partial charge < -0.3 is 0 Å². The van der Waals surface area contributed by atoms with Gasteiger partial charge in [0.1, 0.15) is 0 Å². The molecule has 4 radical (unpaired) electrons. The van der Waals surface area contributed by atoms with Gasteiger partial charge in [0.15, 0.2) is 15.7 Å². The van der Waals surface area contributed by atoms with E-state index in [0.29, 0.717) is 0 Å². The highest BCUT2D eigenvalue weighted by Gasteiger charge is 1.59. The molecule has 0 heterocycles. The van der Waals surface area contributed by atoms with Gasteiger partial charge in [-0.25, -0.2) is 0 Å². The smallest absolute Gasteiger partial charge is 0.158 e. The zero-order valence-corrected chi connectivity index (χ0v) is 13.2. The van der Waals surface area contributed by atoms with Crippen molar-refractivity contribution in [1.82, 2.24) is 0 Å². The Morgan fingerprint density at radius 3 is 0.423 bits per heavy atom. The highest BCUT2D eigenvalue weighted by Crippen LogP contribution is 1.59. The van der Waals surface area contributed by atoms with Gasteiger partial charge in [-0.3, -0.25) is 0 Å². The van der Waals surface area contributed by atoms with E-state index < -0.39 is 0 Å². The van der Waals surface area contributed by atoms with E-state index in [1.165, 1.54) is 0 Å². The maximum absolute atomic E-state index is 4.91. The second kappa shape index (κ2) is 19.8. The molecule has 0 spiro atoms. The molecule has 0 saturated carbocycles. The van der Waals surface area contributed by atoms with Crippen LogP contribution in [0, 0.1) is 142 Å². The average Bonchev–Trinajstić information content (AvgIpc) is 2.66. The molecule has 0 aliphatic carbocycles. The maximum Gasteiger partial charge on any atom is 0.189 e. The third kappa shape index (κ3) is 18.8. The Kier molecular flexibility index (Phi) is 15.9. The summed E-state index contributed by atoms with van der Waals surface area (Å²) >= 11 is 0. The van der Waals surface area contributed by atoms with Crippen LogP contribution >= 0.6 is 0 Å². The monoisotopic (exact) mass is 310 g/mol. The molecule has 0 N–H and O–H groups in total. The van der Waals surface area contributed by atoms with Gasteiger partial charge in [-0.15, -0.1) is 0 Å². The fourth-order valence-electron chi connectivity index (χ4n) is 0.697. The first-order valence-corrected chi connectivity index (χ1v) is 6.33. The van der Waals surface area contributed by atoms with Crippen molar-refractivity contribution in [1.29, 1.82) is 0 Å². The van der Waals surface area contributed by atoms with Gasteiger partial charge in [-0.05, 0) is 94.7 Å². The van der Waals surface area contributed by atoms with E-state index >= 15 is 0 Å². The molecule has 0 nitrogen and oxygen atoms in total. The lowest BCUT2D eigenvalue weighted by Crippen LogP contribution is -1.57. The number of hydrogen-bond acceptors (Lipinski definition) is 0. The van der Waals surface area contributed by atoms with Crippen LogP contribution in [0.3, 0.4) is 0 Å². The van der Waals surface area contributed by atoms with Gasteiger partial charge in [0, 0.05) is 35.5 Å². The molecule has 0 fully saturated rings. The molecule has 0 aliphatic heterocycles. The number of hydrogen-bond donors (Lipinski definition) is 0. The van der Waals surface area contributed by atoms with Crippen LogP contribution in [0.4, 0.5) is 0 Å². The van der Waals surface area contributed by atoms with Crippen LogP contribution in [-0.4, -0.2) is 15.7 Å². The fourth-order valence-corrected chi connectivity index (χ4v) is 0.697. The molecule has 2 heteroatoms. The van der Waals surface area contributed by atoms with Crippen LogP contribution in [0.2, 0.25) is 0 Å². The van der Waals surface area contributed by atoms with Gasteiger partial charge in [-0.2, -0.15) is 11.6 Å². The van der Waals surface area contributed by atoms with Crippen LogP contribution in [0.25, 0.3) is 0 Å². The minimum atomic E-state index is 2.12. The Labute approximate surface area is 157 Å². The van der Waals surface area contributed by atoms with Crippen molar-refractivity contribution in [3.8, 4) is 142 Å². The minimum absolute atomic E-state index is 2.12. The molecule has 26 heavy (non-hydrogen) atoms. The summed E-state index contributed by atoms with van der Waals surface area (Å²) in [7, 11) is 9.82. The van der Waals surface area contributed by atoms with Crippen LogP contribution in [0.5, 0.6) is 0 Å². The molecule has 0 aromatic carbocycles. The SMILES string of the molecule is [B]C#CC#CC#CC#CC#CC#CC#CC#CC#CC#CC#CC#C[B]. The summed E-state index contributed by atoms with van der Waals surface area (Å²) in [6, 6.07) is 0. The molecule has 0 bridgehead atoms. The van der Waals surface area contributed by atoms with Crippen molar-refractivity contribution in [2.24, 2.45) is 0 Å². The largest absolute Gasteiger partial charge is 0.189 e. The molecule has 0 amide bonds. The molecule has 0 aromatic rings. The molecule has 102 valence electrons. The van der Waals surface area contributed by atoms with Crippen LogP contribution in [-0.2, 0) is 0 Å². The van der Waals surface area contributed by atoms with E-state index in [2.05, 4.69) is 142 Å². The van der Waals surface area contributed by atoms with E-state index in [9.17, 15) is 0 Å². The Morgan fingerprint density at radius 1 is 0.192 bits per heavy atom. The fraction of sp³-hybridized carbons (Fsp3) is 0. The predicted molar refractivity (Wildman–Crippen MR) is 105 cm³/mol. The van der Waals surface area contributed by atoms with E-state index in [4.69, 9.17) is 15.7 Å². The van der Waals surface area contributed by atoms with Crippen molar-refractivity contribution in [2.75, 3.05) is 0 Å². The predicted octanol–water partition coefficient (Wildman–Crippen LogP) is -0.721. The third-order valence-electron chi connectivity index (χ3n) is 1.46. The van der Waals surface area contributed by atoms with Crippen LogP contribution < -0.4 is 0 Å². The quantitative estimate of drug-likeness (QED) is 0.409. The van der Waals surface area contributed by atoms with E-state index in [0.717, 1.165) is 0 Å². The lowest BCUT2D eigenvalue weighted by atomic mass is 10.2. The molecule has 0 aliphatic rings. The topological polar surface area (TPSA) is 0 Å². The van der Waals surface area contributed by atoms with Gasteiger partial charge in [0.05, 0.1) is 0 Å². The minimum Gasteiger partial charge on any atom is -0.158 e. The van der Waals surface area contributed by atoms with Crippen molar-refractivity contribution in [3.05, 3.63) is 0 Å². The highest BCUT2D eigenvalue weighted by atomic mass is 13.6. The van der Waals surface area contributed by atoms with Gasteiger partial charge >= 0.3 is 0 Å². The first-order valence-electron chi connectivity index (χ1n) is 6.33. The zero-order valence-electron chi connectivity index (χ0n) is 13.2. The molecule has 0 unspecified atom stereocenters. The second-order valence-corrected chi connectivity index (χ2v) is 3.04. The summed E-state index contributed by atoms with van der Waals surface area (Å²) in [6.45, 7) is 0. The standard InChI is InChI=1S/C24B2/c25-23-21-19-17-15-13-11-9-7-5-3-1-2-4-6-8-10-12-14-16-18-20-22-24-26. The maximum atomic E-state index is 4.91. The van der Waals surface area contributed by atoms with Gasteiger partial charge in [-0.1, -0.05) is 0 Å². The summed E-state index contributed by atoms with van der Waals surface area (Å²) in [5.41, 5.74) is 0. The Hall–Kier alpha value is -5.15. The van der Waals surface area contributed by atoms with Gasteiger partial charge in [0.25, 0.3) is 0 Å². The van der Waals surface area contributed by atoms with Crippen LogP contribution in [0.15, 0.2) is 0 Å². The van der Waals surface area contributed by atoms with E-state index in [1.807, 2.05) is 0 Å². The van der Waals surface area contributed by atoms with Crippen molar-refractivity contribution in [3.63, 3.8) is 0 Å². The summed E-state index contributed by atoms with van der Waals surface area (Å²) in [5, 5.41) is 0. The summed E-state index contributed by atoms with van der Waals surface area (Å²) in [6.07, 6.45) is 0. The van der Waals surface area contributed by atoms with E-state index in [1.54, 1.807) is 0 Å². The molecule has 0 saturated heterocycles. The first-order chi connectivity index (χ1) is 12.9. The molecule has 0 atom stereocenters. The van der Waals surface area contributed by atoms with Gasteiger partial charge in [0.2, 0.25) is 0 Å². The van der Waals surface area contributed by atoms with Crippen LogP contribution in [0.1, 0.15) is 0 Å². The molecule has 0 aromatic heterocycles. The number of rotatable bonds is 0. The molecular formula is C24B2. The Balaban J connectivity index is 4.42. The van der Waals surface area contributed by atoms with Crippen molar-refractivity contribution < 1.29 is 0 Å². The highest BCUT2D eigenvalue weighted by molar-refractivity contribution is 6.22. The summed E-state index contributed by atoms with van der Waals surface area (Å²) in [5.74, 6) is 58.2. The first kappa shape index (κ1) is 20.8. The lowest BCUT2D eigenvalue weighted by molar-refractivity contribution is 2.32. The third-order valence-corrected chi connectivity index (χ3v) is 1.46. The Morgan fingerprint density at radius 2 is 0.308 bits per heavy atom. The summed E-state index contributed by atoms with van der Waals surface area (Å²) in [4.78, 5) is 0. The van der Waals surface area contributed by atoms with Crippen molar-refractivity contribution >= 4 is 15.7 Å². The summed E-state index contributed by atoms with van der Waals surface area (Å²) < 4.78 is 0. The second-order valence-electron chi connectivity index (χ2n) is 3.04. The lowest BCUT2D eigenvalue weighted by Gasteiger charge is -1.57.